The molecule has 18 heavy (non-hydrogen) atoms. The number of anilines is 1. The van der Waals surface area contributed by atoms with Crippen LogP contribution >= 0.6 is 11.8 Å². The summed E-state index contributed by atoms with van der Waals surface area (Å²) in [6.07, 6.45) is 1.65. The molecule has 1 N–H and O–H groups in total. The van der Waals surface area contributed by atoms with Gasteiger partial charge in [-0.25, -0.2) is 0 Å². The zero-order chi connectivity index (χ0) is 12.4. The van der Waals surface area contributed by atoms with E-state index in [0.29, 0.717) is 0 Å². The van der Waals surface area contributed by atoms with Gasteiger partial charge in [0.1, 0.15) is 0 Å². The second-order valence-corrected chi connectivity index (χ2v) is 5.05. The molecule has 0 bridgehead atoms. The third-order valence-corrected chi connectivity index (χ3v) is 3.83. The van der Waals surface area contributed by atoms with Crippen LogP contribution in [0.5, 0.6) is 0 Å². The van der Waals surface area contributed by atoms with E-state index in [9.17, 15) is 4.79 Å². The first-order chi connectivity index (χ1) is 8.83. The number of rotatable bonds is 1. The van der Waals surface area contributed by atoms with E-state index >= 15 is 0 Å². The van der Waals surface area contributed by atoms with Gasteiger partial charge in [-0.05, 0) is 17.7 Å². The Labute approximate surface area is 110 Å². The second kappa shape index (κ2) is 4.70. The monoisotopic (exact) mass is 253 g/mol. The van der Waals surface area contributed by atoms with Crippen molar-refractivity contribution in [3.63, 3.8) is 0 Å². The Bertz CT molecular complexity index is 619. The van der Waals surface area contributed by atoms with Crippen molar-refractivity contribution in [2.24, 2.45) is 0 Å². The van der Waals surface area contributed by atoms with Gasteiger partial charge < -0.3 is 5.32 Å². The van der Waals surface area contributed by atoms with E-state index in [-0.39, 0.29) is 5.91 Å². The van der Waals surface area contributed by atoms with Gasteiger partial charge in [0.2, 0.25) is 5.91 Å². The molecular formula is C15H11NOS. The minimum Gasteiger partial charge on any atom is -0.321 e. The highest BCUT2D eigenvalue weighted by Crippen LogP contribution is 2.39. The summed E-state index contributed by atoms with van der Waals surface area (Å²) in [5.41, 5.74) is 1.93. The van der Waals surface area contributed by atoms with Crippen molar-refractivity contribution >= 4 is 28.3 Å². The summed E-state index contributed by atoms with van der Waals surface area (Å²) >= 11 is 1.61. The number of hydrogen-bond donors (Lipinski definition) is 1. The molecule has 1 heterocycles. The van der Waals surface area contributed by atoms with E-state index in [1.54, 1.807) is 17.8 Å². The van der Waals surface area contributed by atoms with Crippen molar-refractivity contribution in [1.82, 2.24) is 0 Å². The minimum atomic E-state index is -0.0775. The van der Waals surface area contributed by atoms with Crippen molar-refractivity contribution in [2.75, 3.05) is 5.32 Å². The molecule has 1 aliphatic rings. The smallest absolute Gasteiger partial charge is 0.249 e. The molecule has 1 amide bonds. The summed E-state index contributed by atoms with van der Waals surface area (Å²) in [7, 11) is 0. The SMILES string of the molecule is O=C1C=C(c2ccccc2)Sc2ccccc2N1. The lowest BCUT2D eigenvalue weighted by molar-refractivity contribution is -0.111. The van der Waals surface area contributed by atoms with Crippen LogP contribution in [-0.4, -0.2) is 5.91 Å². The minimum absolute atomic E-state index is 0.0775. The molecule has 2 aromatic rings. The molecule has 0 spiro atoms. The third-order valence-electron chi connectivity index (χ3n) is 2.69. The van der Waals surface area contributed by atoms with Gasteiger partial charge in [-0.3, -0.25) is 4.79 Å². The first kappa shape index (κ1) is 11.1. The zero-order valence-electron chi connectivity index (χ0n) is 9.59. The Morgan fingerprint density at radius 3 is 2.44 bits per heavy atom. The number of benzene rings is 2. The molecule has 2 nitrogen and oxygen atoms in total. The number of amides is 1. The zero-order valence-corrected chi connectivity index (χ0v) is 10.4. The molecule has 0 aromatic heterocycles. The van der Waals surface area contributed by atoms with Crippen LogP contribution < -0.4 is 5.32 Å². The molecule has 0 atom stereocenters. The van der Waals surface area contributed by atoms with Crippen LogP contribution in [0.2, 0.25) is 0 Å². The van der Waals surface area contributed by atoms with Crippen LogP contribution in [0.4, 0.5) is 5.69 Å². The van der Waals surface area contributed by atoms with Crippen molar-refractivity contribution in [3.8, 4) is 0 Å². The van der Waals surface area contributed by atoms with Crippen molar-refractivity contribution in [2.45, 2.75) is 4.90 Å². The van der Waals surface area contributed by atoms with Gasteiger partial charge >= 0.3 is 0 Å². The number of hydrogen-bond acceptors (Lipinski definition) is 2. The maximum absolute atomic E-state index is 11.8. The average Bonchev–Trinajstić information content (AvgIpc) is 2.57. The molecule has 0 unspecified atom stereocenters. The van der Waals surface area contributed by atoms with Crippen LogP contribution in [0, 0.1) is 0 Å². The number of fused-ring (bicyclic) bond motifs is 1. The molecule has 3 heteroatoms. The quantitative estimate of drug-likeness (QED) is 0.838. The highest BCUT2D eigenvalue weighted by molar-refractivity contribution is 8.08. The van der Waals surface area contributed by atoms with Gasteiger partial charge in [0.25, 0.3) is 0 Å². The van der Waals surface area contributed by atoms with E-state index in [4.69, 9.17) is 0 Å². The summed E-state index contributed by atoms with van der Waals surface area (Å²) in [6.45, 7) is 0. The molecular weight excluding hydrogens is 242 g/mol. The fourth-order valence-corrected chi connectivity index (χ4v) is 2.87. The number of carbonyl (C=O) groups excluding carboxylic acids is 1. The van der Waals surface area contributed by atoms with Gasteiger partial charge in [-0.2, -0.15) is 0 Å². The summed E-state index contributed by atoms with van der Waals surface area (Å²) < 4.78 is 0. The molecule has 0 fully saturated rings. The van der Waals surface area contributed by atoms with E-state index in [2.05, 4.69) is 5.32 Å². The lowest BCUT2D eigenvalue weighted by Gasteiger charge is -2.06. The van der Waals surface area contributed by atoms with Gasteiger partial charge in [-0.15, -0.1) is 0 Å². The number of nitrogens with one attached hydrogen (secondary N) is 1. The van der Waals surface area contributed by atoms with Crippen LogP contribution in [0.3, 0.4) is 0 Å². The highest BCUT2D eigenvalue weighted by atomic mass is 32.2. The third kappa shape index (κ3) is 2.17. The van der Waals surface area contributed by atoms with Crippen LogP contribution in [0.15, 0.2) is 65.6 Å². The second-order valence-electron chi connectivity index (χ2n) is 3.96. The van der Waals surface area contributed by atoms with Crippen molar-refractivity contribution in [3.05, 3.63) is 66.2 Å². The molecule has 0 radical (unpaired) electrons. The van der Waals surface area contributed by atoms with E-state index < -0.39 is 0 Å². The standard InChI is InChI=1S/C15H11NOS/c17-15-10-14(11-6-2-1-3-7-11)18-13-9-5-4-8-12(13)16-15/h1-10H,(H,16,17). The Morgan fingerprint density at radius 1 is 0.889 bits per heavy atom. The topological polar surface area (TPSA) is 29.1 Å². The van der Waals surface area contributed by atoms with Crippen molar-refractivity contribution in [1.29, 1.82) is 0 Å². The maximum atomic E-state index is 11.8. The Kier molecular flexibility index (Phi) is 2.90. The lowest BCUT2D eigenvalue weighted by atomic mass is 10.2. The number of para-hydroxylation sites is 1. The van der Waals surface area contributed by atoms with Crippen LogP contribution in [0.1, 0.15) is 5.56 Å². The largest absolute Gasteiger partial charge is 0.321 e. The van der Waals surface area contributed by atoms with Gasteiger partial charge in [0.15, 0.2) is 0 Å². The summed E-state index contributed by atoms with van der Waals surface area (Å²) in [6, 6.07) is 17.8. The first-order valence-corrected chi connectivity index (χ1v) is 6.49. The predicted octanol–water partition coefficient (Wildman–Crippen LogP) is 3.77. The maximum Gasteiger partial charge on any atom is 0.249 e. The van der Waals surface area contributed by atoms with Gasteiger partial charge in [0.05, 0.1) is 5.69 Å². The summed E-state index contributed by atoms with van der Waals surface area (Å²) in [4.78, 5) is 13.9. The fourth-order valence-electron chi connectivity index (χ4n) is 1.84. The fraction of sp³-hybridized carbons (Fsp3) is 0. The first-order valence-electron chi connectivity index (χ1n) is 5.68. The molecule has 3 rings (SSSR count). The molecule has 1 aliphatic heterocycles. The molecule has 0 saturated heterocycles. The van der Waals surface area contributed by atoms with Gasteiger partial charge in [0, 0.05) is 15.9 Å². The molecule has 88 valence electrons. The lowest BCUT2D eigenvalue weighted by Crippen LogP contribution is -2.07. The predicted molar refractivity (Wildman–Crippen MR) is 75.3 cm³/mol. The van der Waals surface area contributed by atoms with Crippen molar-refractivity contribution < 1.29 is 4.79 Å². The number of carbonyl (C=O) groups is 1. The summed E-state index contributed by atoms with van der Waals surface area (Å²) in [5, 5.41) is 2.89. The van der Waals surface area contributed by atoms with E-state index in [1.165, 1.54) is 0 Å². The normalized spacial score (nSPS) is 14.2. The van der Waals surface area contributed by atoms with Crippen LogP contribution in [0.25, 0.3) is 4.91 Å². The number of thioether (sulfide) groups is 1. The van der Waals surface area contributed by atoms with Crippen LogP contribution in [-0.2, 0) is 4.79 Å². The Hall–Kier alpha value is -2.00. The average molecular weight is 253 g/mol. The van der Waals surface area contributed by atoms with E-state index in [1.807, 2.05) is 54.6 Å². The summed E-state index contributed by atoms with van der Waals surface area (Å²) in [5.74, 6) is -0.0775. The molecule has 2 aromatic carbocycles. The molecule has 0 saturated carbocycles. The van der Waals surface area contributed by atoms with Gasteiger partial charge in [-0.1, -0.05) is 54.2 Å². The highest BCUT2D eigenvalue weighted by Gasteiger charge is 2.14. The molecule has 0 aliphatic carbocycles. The Morgan fingerprint density at radius 2 is 1.61 bits per heavy atom. The Balaban J connectivity index is 2.05. The van der Waals surface area contributed by atoms with E-state index in [0.717, 1.165) is 21.1 Å².